The summed E-state index contributed by atoms with van der Waals surface area (Å²) in [5.74, 6) is 1.53. The highest BCUT2D eigenvalue weighted by atomic mass is 16.5. The predicted molar refractivity (Wildman–Crippen MR) is 110 cm³/mol. The van der Waals surface area contributed by atoms with Crippen molar-refractivity contribution < 1.29 is 14.3 Å². The molecule has 0 fully saturated rings. The Kier molecular flexibility index (Phi) is 4.74. The minimum Gasteiger partial charge on any atom is -0.493 e. The molecule has 8 nitrogen and oxygen atoms in total. The van der Waals surface area contributed by atoms with Crippen LogP contribution in [0, 0.1) is 0 Å². The van der Waals surface area contributed by atoms with Gasteiger partial charge in [0.1, 0.15) is 11.5 Å². The Hall–Kier alpha value is -4.07. The summed E-state index contributed by atoms with van der Waals surface area (Å²) in [6.07, 6.45) is 5.20. The number of rotatable bonds is 6. The summed E-state index contributed by atoms with van der Waals surface area (Å²) < 4.78 is 12.7. The third-order valence-corrected chi connectivity index (χ3v) is 4.52. The quantitative estimate of drug-likeness (QED) is 0.525. The van der Waals surface area contributed by atoms with Crippen LogP contribution in [0.4, 0.5) is 11.5 Å². The van der Waals surface area contributed by atoms with Gasteiger partial charge >= 0.3 is 0 Å². The van der Waals surface area contributed by atoms with Gasteiger partial charge in [0.15, 0.2) is 17.1 Å². The Morgan fingerprint density at radius 2 is 1.83 bits per heavy atom. The fraction of sp³-hybridized carbons (Fsp3) is 0.0952. The van der Waals surface area contributed by atoms with Gasteiger partial charge < -0.3 is 20.5 Å². The molecule has 4 rings (SSSR count). The Labute approximate surface area is 166 Å². The topological polar surface area (TPSA) is 104 Å². The van der Waals surface area contributed by atoms with E-state index in [9.17, 15) is 4.79 Å². The molecule has 29 heavy (non-hydrogen) atoms. The van der Waals surface area contributed by atoms with E-state index in [2.05, 4.69) is 10.3 Å². The molecule has 0 aliphatic carbocycles. The number of carbonyl (C=O) groups is 1. The van der Waals surface area contributed by atoms with Crippen molar-refractivity contribution in [2.24, 2.45) is 5.73 Å². The Bertz CT molecular complexity index is 1180. The molecule has 0 radical (unpaired) electrons. The molecule has 2 aromatic heterocycles. The van der Waals surface area contributed by atoms with Crippen LogP contribution in [0.15, 0.2) is 61.1 Å². The number of anilines is 2. The number of aromatic nitrogens is 3. The van der Waals surface area contributed by atoms with Gasteiger partial charge in [-0.2, -0.15) is 0 Å². The van der Waals surface area contributed by atoms with Crippen molar-refractivity contribution in [3.63, 3.8) is 0 Å². The average molecular weight is 389 g/mol. The van der Waals surface area contributed by atoms with Crippen LogP contribution in [0.1, 0.15) is 10.4 Å². The number of hydrogen-bond donors (Lipinski definition) is 2. The number of nitrogens with zero attached hydrogens (tertiary/aromatic N) is 3. The second-order valence-electron chi connectivity index (χ2n) is 6.25. The zero-order valence-electron chi connectivity index (χ0n) is 15.9. The van der Waals surface area contributed by atoms with E-state index in [0.29, 0.717) is 22.7 Å². The maximum absolute atomic E-state index is 11.3. The number of nitrogens with two attached hydrogens (primary N) is 1. The van der Waals surface area contributed by atoms with E-state index in [1.54, 1.807) is 50.9 Å². The highest BCUT2D eigenvalue weighted by Gasteiger charge is 2.17. The van der Waals surface area contributed by atoms with E-state index in [-0.39, 0.29) is 0 Å². The fourth-order valence-electron chi connectivity index (χ4n) is 3.07. The lowest BCUT2D eigenvalue weighted by molar-refractivity contribution is 0.100. The standard InChI is InChI=1S/C21H19N5O3/c1-28-16-8-5-14(11-17(16)29-2)19-21(26-10-9-23-12-18(26)25-19)24-15-6-3-13(4-7-15)20(22)27/h3-12,24H,1-2H3,(H2,22,27). The Balaban J connectivity index is 1.82. The van der Waals surface area contributed by atoms with Crippen molar-refractivity contribution in [2.75, 3.05) is 19.5 Å². The highest BCUT2D eigenvalue weighted by molar-refractivity contribution is 5.93. The maximum atomic E-state index is 11.3. The van der Waals surface area contributed by atoms with E-state index < -0.39 is 5.91 Å². The first kappa shape index (κ1) is 18.3. The molecule has 0 saturated carbocycles. The number of primary amides is 1. The summed E-state index contributed by atoms with van der Waals surface area (Å²) >= 11 is 0. The molecule has 0 saturated heterocycles. The van der Waals surface area contributed by atoms with Crippen molar-refractivity contribution in [3.05, 3.63) is 66.6 Å². The molecule has 2 aromatic carbocycles. The van der Waals surface area contributed by atoms with Crippen LogP contribution in [-0.4, -0.2) is 34.5 Å². The lowest BCUT2D eigenvalue weighted by Crippen LogP contribution is -2.10. The summed E-state index contributed by atoms with van der Waals surface area (Å²) in [5.41, 5.74) is 8.81. The number of carbonyl (C=O) groups excluding carboxylic acids is 1. The minimum atomic E-state index is -0.469. The molecule has 0 atom stereocenters. The fourth-order valence-corrected chi connectivity index (χ4v) is 3.07. The Morgan fingerprint density at radius 1 is 1.07 bits per heavy atom. The molecule has 0 unspecified atom stereocenters. The summed E-state index contributed by atoms with van der Waals surface area (Å²) in [5, 5.41) is 3.37. The van der Waals surface area contributed by atoms with Crippen molar-refractivity contribution in [3.8, 4) is 22.8 Å². The van der Waals surface area contributed by atoms with E-state index >= 15 is 0 Å². The molecule has 0 bridgehead atoms. The molecule has 0 aliphatic heterocycles. The monoisotopic (exact) mass is 389 g/mol. The molecule has 0 aliphatic rings. The zero-order chi connectivity index (χ0) is 20.4. The molecule has 8 heteroatoms. The molecule has 2 heterocycles. The van der Waals surface area contributed by atoms with Gasteiger partial charge in [0.2, 0.25) is 5.91 Å². The van der Waals surface area contributed by atoms with Gasteiger partial charge in [-0.05, 0) is 42.5 Å². The molecular weight excluding hydrogens is 370 g/mol. The van der Waals surface area contributed by atoms with Crippen LogP contribution in [0.2, 0.25) is 0 Å². The van der Waals surface area contributed by atoms with Crippen molar-refractivity contribution in [2.45, 2.75) is 0 Å². The van der Waals surface area contributed by atoms with E-state index in [0.717, 1.165) is 22.8 Å². The number of imidazole rings is 1. The second kappa shape index (κ2) is 7.51. The SMILES string of the molecule is COc1ccc(-c2nc3cnccn3c2Nc2ccc(C(N)=O)cc2)cc1OC. The number of methoxy groups -OCH3 is 2. The van der Waals surface area contributed by atoms with Crippen LogP contribution in [0.3, 0.4) is 0 Å². The second-order valence-corrected chi connectivity index (χ2v) is 6.25. The summed E-state index contributed by atoms with van der Waals surface area (Å²) in [7, 11) is 3.19. The van der Waals surface area contributed by atoms with E-state index in [4.69, 9.17) is 20.2 Å². The third-order valence-electron chi connectivity index (χ3n) is 4.52. The number of ether oxygens (including phenoxy) is 2. The van der Waals surface area contributed by atoms with E-state index in [1.807, 2.05) is 28.8 Å². The smallest absolute Gasteiger partial charge is 0.248 e. The third kappa shape index (κ3) is 3.43. The molecule has 146 valence electrons. The number of nitrogens with one attached hydrogen (secondary N) is 1. The first-order chi connectivity index (χ1) is 14.1. The average Bonchev–Trinajstić information content (AvgIpc) is 3.12. The summed E-state index contributed by atoms with van der Waals surface area (Å²) in [6, 6.07) is 12.5. The largest absolute Gasteiger partial charge is 0.493 e. The van der Waals surface area contributed by atoms with Crippen LogP contribution in [0.5, 0.6) is 11.5 Å². The summed E-state index contributed by atoms with van der Waals surface area (Å²) in [6.45, 7) is 0. The molecule has 0 spiro atoms. The van der Waals surface area contributed by atoms with Gasteiger partial charge in [-0.3, -0.25) is 14.2 Å². The van der Waals surface area contributed by atoms with Gasteiger partial charge in [-0.25, -0.2) is 4.98 Å². The lowest BCUT2D eigenvalue weighted by atomic mass is 10.1. The van der Waals surface area contributed by atoms with E-state index in [1.165, 1.54) is 0 Å². The maximum Gasteiger partial charge on any atom is 0.248 e. The molecular formula is C21H19N5O3. The lowest BCUT2D eigenvalue weighted by Gasteiger charge is -2.11. The number of fused-ring (bicyclic) bond motifs is 1. The number of benzene rings is 2. The molecule has 3 N–H and O–H groups in total. The Morgan fingerprint density at radius 3 is 2.52 bits per heavy atom. The van der Waals surface area contributed by atoms with Gasteiger partial charge in [-0.1, -0.05) is 0 Å². The first-order valence-corrected chi connectivity index (χ1v) is 8.82. The van der Waals surface area contributed by atoms with Crippen LogP contribution >= 0.6 is 0 Å². The van der Waals surface area contributed by atoms with Gasteiger partial charge in [0, 0.05) is 29.2 Å². The van der Waals surface area contributed by atoms with Crippen LogP contribution < -0.4 is 20.5 Å². The summed E-state index contributed by atoms with van der Waals surface area (Å²) in [4.78, 5) is 20.2. The molecule has 1 amide bonds. The highest BCUT2D eigenvalue weighted by Crippen LogP contribution is 2.36. The number of hydrogen-bond acceptors (Lipinski definition) is 6. The van der Waals surface area contributed by atoms with Crippen LogP contribution in [0.25, 0.3) is 16.9 Å². The number of amides is 1. The van der Waals surface area contributed by atoms with Gasteiger partial charge in [0.25, 0.3) is 0 Å². The zero-order valence-corrected chi connectivity index (χ0v) is 15.9. The predicted octanol–water partition coefficient (Wildman–Crippen LogP) is 3.26. The normalized spacial score (nSPS) is 10.7. The molecule has 4 aromatic rings. The van der Waals surface area contributed by atoms with Crippen molar-refractivity contribution >= 4 is 23.1 Å². The van der Waals surface area contributed by atoms with Gasteiger partial charge in [-0.15, -0.1) is 0 Å². The first-order valence-electron chi connectivity index (χ1n) is 8.82. The van der Waals surface area contributed by atoms with Crippen molar-refractivity contribution in [1.29, 1.82) is 0 Å². The minimum absolute atomic E-state index is 0.443. The van der Waals surface area contributed by atoms with Gasteiger partial charge in [0.05, 0.1) is 20.4 Å². The van der Waals surface area contributed by atoms with Crippen LogP contribution in [-0.2, 0) is 0 Å². The van der Waals surface area contributed by atoms with Crippen molar-refractivity contribution in [1.82, 2.24) is 14.4 Å².